The number of aliphatic carboxylic acids is 1. The normalized spacial score (nSPS) is 11.7. The highest BCUT2D eigenvalue weighted by atomic mass is 35.5. The molecule has 0 heterocycles. The monoisotopic (exact) mass is 438 g/mol. The van der Waals surface area contributed by atoms with Crippen LogP contribution in [0.5, 0.6) is 0 Å². The molecular formula is C23H35ClN2O4. The molecule has 1 aromatic rings. The van der Waals surface area contributed by atoms with Gasteiger partial charge in [0.2, 0.25) is 11.8 Å². The SMILES string of the molecule is CCCCCN(CCCCC)C(=O)C(CCC(=O)O)NC(=O)Cc1ccc(Cl)cc1. The van der Waals surface area contributed by atoms with Crippen LogP contribution in [0.4, 0.5) is 0 Å². The fourth-order valence-electron chi connectivity index (χ4n) is 3.22. The zero-order chi connectivity index (χ0) is 22.4. The van der Waals surface area contributed by atoms with E-state index >= 15 is 0 Å². The summed E-state index contributed by atoms with van der Waals surface area (Å²) in [5.41, 5.74) is 0.782. The maximum atomic E-state index is 13.2. The number of benzene rings is 1. The summed E-state index contributed by atoms with van der Waals surface area (Å²) in [4.78, 5) is 38.6. The molecule has 0 saturated carbocycles. The van der Waals surface area contributed by atoms with Crippen LogP contribution in [-0.4, -0.2) is 46.9 Å². The Morgan fingerprint density at radius 1 is 1.00 bits per heavy atom. The van der Waals surface area contributed by atoms with Crippen LogP contribution in [0, 0.1) is 0 Å². The highest BCUT2D eigenvalue weighted by Crippen LogP contribution is 2.12. The summed E-state index contributed by atoms with van der Waals surface area (Å²) in [7, 11) is 0. The maximum absolute atomic E-state index is 13.2. The van der Waals surface area contributed by atoms with Gasteiger partial charge in [-0.1, -0.05) is 63.3 Å². The number of halogens is 1. The molecule has 0 fully saturated rings. The minimum absolute atomic E-state index is 0.0819. The van der Waals surface area contributed by atoms with E-state index in [1.807, 2.05) is 0 Å². The predicted octanol–water partition coefficient (Wildman–Crippen LogP) is 4.44. The number of hydrogen-bond donors (Lipinski definition) is 2. The first-order valence-corrected chi connectivity index (χ1v) is 11.3. The van der Waals surface area contributed by atoms with Gasteiger partial charge in [-0.25, -0.2) is 0 Å². The highest BCUT2D eigenvalue weighted by Gasteiger charge is 2.26. The van der Waals surface area contributed by atoms with E-state index in [0.29, 0.717) is 18.1 Å². The average Bonchev–Trinajstić information content (AvgIpc) is 2.71. The van der Waals surface area contributed by atoms with Gasteiger partial charge in [0.1, 0.15) is 6.04 Å². The van der Waals surface area contributed by atoms with Gasteiger partial charge in [-0.2, -0.15) is 0 Å². The number of hydrogen-bond acceptors (Lipinski definition) is 3. The number of unbranched alkanes of at least 4 members (excludes halogenated alkanes) is 4. The summed E-state index contributed by atoms with van der Waals surface area (Å²) >= 11 is 5.88. The number of carbonyl (C=O) groups excluding carboxylic acids is 2. The Hall–Kier alpha value is -2.08. The van der Waals surface area contributed by atoms with Crippen molar-refractivity contribution >= 4 is 29.4 Å². The molecule has 2 amide bonds. The lowest BCUT2D eigenvalue weighted by Gasteiger charge is -2.28. The molecule has 0 bridgehead atoms. The summed E-state index contributed by atoms with van der Waals surface area (Å²) in [6.07, 6.45) is 5.99. The van der Waals surface area contributed by atoms with Crippen molar-refractivity contribution in [3.8, 4) is 0 Å². The lowest BCUT2D eigenvalue weighted by atomic mass is 10.1. The van der Waals surface area contributed by atoms with Crippen LogP contribution in [0.25, 0.3) is 0 Å². The number of carboxylic acids is 1. The van der Waals surface area contributed by atoms with Gasteiger partial charge in [0, 0.05) is 24.5 Å². The Labute approximate surface area is 185 Å². The van der Waals surface area contributed by atoms with Crippen LogP contribution in [0.3, 0.4) is 0 Å². The van der Waals surface area contributed by atoms with E-state index in [0.717, 1.165) is 44.1 Å². The molecule has 0 radical (unpaired) electrons. The fraction of sp³-hybridized carbons (Fsp3) is 0.609. The van der Waals surface area contributed by atoms with Crippen molar-refractivity contribution in [1.82, 2.24) is 10.2 Å². The second kappa shape index (κ2) is 14.8. The topological polar surface area (TPSA) is 86.7 Å². The summed E-state index contributed by atoms with van der Waals surface area (Å²) in [5.74, 6) is -1.47. The standard InChI is InChI=1S/C23H35ClN2O4/c1-3-5-7-15-26(16-8-6-4-2)23(30)20(13-14-22(28)29)25-21(27)17-18-9-11-19(24)12-10-18/h9-12,20H,3-8,13-17H2,1-2H3,(H,25,27)(H,28,29). The Kier molecular flexibility index (Phi) is 12.8. The number of nitrogens with zero attached hydrogens (tertiary/aromatic N) is 1. The molecule has 0 aliphatic carbocycles. The van der Waals surface area contributed by atoms with Crippen LogP contribution in [0.1, 0.15) is 70.8 Å². The van der Waals surface area contributed by atoms with E-state index < -0.39 is 12.0 Å². The molecule has 0 aromatic heterocycles. The van der Waals surface area contributed by atoms with Gasteiger partial charge in [-0.15, -0.1) is 0 Å². The minimum atomic E-state index is -0.983. The van der Waals surface area contributed by atoms with Gasteiger partial charge in [-0.3, -0.25) is 14.4 Å². The first-order valence-electron chi connectivity index (χ1n) is 10.9. The predicted molar refractivity (Wildman–Crippen MR) is 120 cm³/mol. The lowest BCUT2D eigenvalue weighted by Crippen LogP contribution is -2.49. The van der Waals surface area contributed by atoms with Crippen LogP contribution in [-0.2, 0) is 20.8 Å². The molecule has 30 heavy (non-hydrogen) atoms. The number of amides is 2. The van der Waals surface area contributed by atoms with Crippen LogP contribution < -0.4 is 5.32 Å². The summed E-state index contributed by atoms with van der Waals surface area (Å²) in [5, 5.41) is 12.4. The number of carboxylic acid groups (broad SMARTS) is 1. The Morgan fingerprint density at radius 3 is 2.07 bits per heavy atom. The molecule has 0 spiro atoms. The fourth-order valence-corrected chi connectivity index (χ4v) is 3.34. The molecule has 0 aliphatic rings. The van der Waals surface area contributed by atoms with Gasteiger partial charge in [0.05, 0.1) is 6.42 Å². The largest absolute Gasteiger partial charge is 0.481 e. The molecule has 1 rings (SSSR count). The number of rotatable bonds is 15. The van der Waals surface area contributed by atoms with E-state index in [1.165, 1.54) is 0 Å². The van der Waals surface area contributed by atoms with Gasteiger partial charge >= 0.3 is 5.97 Å². The Morgan fingerprint density at radius 2 is 1.57 bits per heavy atom. The van der Waals surface area contributed by atoms with Crippen molar-refractivity contribution < 1.29 is 19.5 Å². The first-order chi connectivity index (χ1) is 14.4. The van der Waals surface area contributed by atoms with Crippen molar-refractivity contribution in [2.75, 3.05) is 13.1 Å². The van der Waals surface area contributed by atoms with Crippen molar-refractivity contribution in [1.29, 1.82) is 0 Å². The quantitative estimate of drug-likeness (QED) is 0.396. The molecule has 168 valence electrons. The molecule has 2 N–H and O–H groups in total. The summed E-state index contributed by atoms with van der Waals surface area (Å²) in [6.45, 7) is 5.48. The molecule has 0 saturated heterocycles. The lowest BCUT2D eigenvalue weighted by molar-refractivity contribution is -0.139. The van der Waals surface area contributed by atoms with Crippen molar-refractivity contribution in [2.24, 2.45) is 0 Å². The molecule has 7 heteroatoms. The maximum Gasteiger partial charge on any atom is 0.303 e. The highest BCUT2D eigenvalue weighted by molar-refractivity contribution is 6.30. The smallest absolute Gasteiger partial charge is 0.303 e. The van der Waals surface area contributed by atoms with Crippen molar-refractivity contribution in [2.45, 2.75) is 77.7 Å². The van der Waals surface area contributed by atoms with Crippen molar-refractivity contribution in [3.63, 3.8) is 0 Å². The molecular weight excluding hydrogens is 404 g/mol. The zero-order valence-electron chi connectivity index (χ0n) is 18.2. The minimum Gasteiger partial charge on any atom is -0.481 e. The van der Waals surface area contributed by atoms with E-state index in [4.69, 9.17) is 16.7 Å². The molecule has 1 aromatic carbocycles. The summed E-state index contributed by atoms with van der Waals surface area (Å²) in [6, 6.07) is 6.11. The summed E-state index contributed by atoms with van der Waals surface area (Å²) < 4.78 is 0. The number of nitrogens with one attached hydrogen (secondary N) is 1. The number of carbonyl (C=O) groups is 3. The van der Waals surface area contributed by atoms with Crippen LogP contribution in [0.2, 0.25) is 5.02 Å². The second-order valence-corrected chi connectivity index (χ2v) is 8.03. The molecule has 0 aliphatic heterocycles. The van der Waals surface area contributed by atoms with Gasteiger partial charge in [-0.05, 0) is 37.0 Å². The van der Waals surface area contributed by atoms with Crippen LogP contribution in [0.15, 0.2) is 24.3 Å². The van der Waals surface area contributed by atoms with Crippen molar-refractivity contribution in [3.05, 3.63) is 34.9 Å². The zero-order valence-corrected chi connectivity index (χ0v) is 18.9. The third-order valence-corrected chi connectivity index (χ3v) is 5.18. The van der Waals surface area contributed by atoms with E-state index in [-0.39, 0.29) is 31.1 Å². The Bertz CT molecular complexity index is 654. The van der Waals surface area contributed by atoms with E-state index in [1.54, 1.807) is 29.2 Å². The van der Waals surface area contributed by atoms with Gasteiger partial charge in [0.15, 0.2) is 0 Å². The molecule has 1 atom stereocenters. The van der Waals surface area contributed by atoms with Gasteiger partial charge < -0.3 is 15.3 Å². The first kappa shape index (κ1) is 26.0. The van der Waals surface area contributed by atoms with Gasteiger partial charge in [0.25, 0.3) is 0 Å². The molecule has 1 unspecified atom stereocenters. The third-order valence-electron chi connectivity index (χ3n) is 4.93. The average molecular weight is 439 g/mol. The third kappa shape index (κ3) is 10.6. The van der Waals surface area contributed by atoms with E-state index in [9.17, 15) is 14.4 Å². The second-order valence-electron chi connectivity index (χ2n) is 7.60. The molecule has 6 nitrogen and oxygen atoms in total. The Balaban J connectivity index is 2.83. The van der Waals surface area contributed by atoms with E-state index in [2.05, 4.69) is 19.2 Å². The van der Waals surface area contributed by atoms with Crippen LogP contribution >= 0.6 is 11.6 Å².